The molecule has 4 aliphatic heterocycles. The van der Waals surface area contributed by atoms with E-state index in [1.807, 2.05) is 0 Å². The second-order valence-corrected chi connectivity index (χ2v) is 12.5. The van der Waals surface area contributed by atoms with Crippen molar-refractivity contribution >= 4 is 11.9 Å². The van der Waals surface area contributed by atoms with E-state index in [9.17, 15) is 35.1 Å². The van der Waals surface area contributed by atoms with Crippen molar-refractivity contribution in [3.63, 3.8) is 0 Å². The lowest BCUT2D eigenvalue weighted by Gasteiger charge is -2.67. The second-order valence-electron chi connectivity index (χ2n) is 12.5. The van der Waals surface area contributed by atoms with Gasteiger partial charge in [0.15, 0.2) is 18.4 Å². The fraction of sp³-hybridized carbons (Fsp3) is 0.548. The quantitative estimate of drug-likeness (QED) is 0.236. The third-order valence-electron chi connectivity index (χ3n) is 10.2. The molecule has 7 aliphatic rings. The Kier molecular flexibility index (Phi) is 6.96. The second kappa shape index (κ2) is 10.3. The zero-order valence-corrected chi connectivity index (χ0v) is 24.4. The summed E-state index contributed by atoms with van der Waals surface area (Å²) in [5.74, 6) is -2.99. The van der Waals surface area contributed by atoms with Crippen molar-refractivity contribution in [3.05, 3.63) is 59.7 Å². The van der Waals surface area contributed by atoms with Gasteiger partial charge >= 0.3 is 11.9 Å². The van der Waals surface area contributed by atoms with Crippen LogP contribution in [0, 0.1) is 11.3 Å². The van der Waals surface area contributed by atoms with Crippen molar-refractivity contribution < 1.29 is 68.3 Å². The molecule has 242 valence electrons. The monoisotopic (exact) mass is 630 g/mol. The first-order chi connectivity index (χ1) is 21.4. The Balaban J connectivity index is 1.10. The summed E-state index contributed by atoms with van der Waals surface area (Å²) < 4.78 is 40.7. The largest absolute Gasteiger partial charge is 0.508 e. The van der Waals surface area contributed by atoms with Crippen molar-refractivity contribution in [1.29, 1.82) is 0 Å². The standard InChI is InChI=1S/C31H34O14/c1-28-13-30(38)20-11-31(28,29(20,27(44-28)45-30)14-41-25(37)15-3-7-17(32)8-4-15)43-26-23(35)22(34)21(33)19(42-26)12-40-24(36)16-5-9-18(39-2)10-6-16/h3-10,19-23,26-27,32-35,38H,11-14H2,1-2H3. The molecule has 2 aromatic carbocycles. The highest BCUT2D eigenvalue weighted by Gasteiger charge is 2.94. The van der Waals surface area contributed by atoms with E-state index in [-0.39, 0.29) is 36.3 Å². The Morgan fingerprint density at radius 3 is 2.22 bits per heavy atom. The number of aliphatic hydroxyl groups is 4. The highest BCUT2D eigenvalue weighted by Crippen LogP contribution is 2.81. The molecule has 5 N–H and O–H groups in total. The van der Waals surface area contributed by atoms with Crippen LogP contribution in [-0.2, 0) is 28.4 Å². The zero-order valence-electron chi connectivity index (χ0n) is 24.4. The van der Waals surface area contributed by atoms with Gasteiger partial charge < -0.3 is 58.7 Å². The summed E-state index contributed by atoms with van der Waals surface area (Å²) in [5, 5.41) is 53.3. The number of benzene rings is 2. The predicted molar refractivity (Wildman–Crippen MR) is 147 cm³/mol. The minimum atomic E-state index is -1.73. The van der Waals surface area contributed by atoms with E-state index in [1.54, 1.807) is 19.1 Å². The fourth-order valence-corrected chi connectivity index (χ4v) is 7.85. The van der Waals surface area contributed by atoms with Crippen molar-refractivity contribution in [2.45, 2.75) is 73.8 Å². The van der Waals surface area contributed by atoms with Crippen molar-refractivity contribution in [2.75, 3.05) is 20.3 Å². The summed E-state index contributed by atoms with van der Waals surface area (Å²) in [4.78, 5) is 25.6. The predicted octanol–water partition coefficient (Wildman–Crippen LogP) is 0.221. The summed E-state index contributed by atoms with van der Waals surface area (Å²) in [6, 6.07) is 11.7. The van der Waals surface area contributed by atoms with Crippen LogP contribution in [0.15, 0.2) is 48.5 Å². The number of rotatable bonds is 9. The van der Waals surface area contributed by atoms with Gasteiger partial charge in [-0.05, 0) is 61.9 Å². The van der Waals surface area contributed by atoms with Crippen molar-refractivity contribution in [1.82, 2.24) is 0 Å². The van der Waals surface area contributed by atoms with Gasteiger partial charge in [0.1, 0.15) is 60.3 Å². The molecule has 4 saturated heterocycles. The molecule has 0 spiro atoms. The van der Waals surface area contributed by atoms with Crippen LogP contribution < -0.4 is 4.74 Å². The Bertz CT molecular complexity index is 1480. The molecule has 3 aliphatic carbocycles. The maximum Gasteiger partial charge on any atom is 0.338 e. The molecule has 45 heavy (non-hydrogen) atoms. The minimum absolute atomic E-state index is 0.0189. The van der Waals surface area contributed by atoms with Gasteiger partial charge in [0.05, 0.1) is 23.7 Å². The smallest absolute Gasteiger partial charge is 0.338 e. The van der Waals surface area contributed by atoms with Crippen LogP contribution in [0.5, 0.6) is 11.5 Å². The first-order valence-electron chi connectivity index (χ1n) is 14.6. The van der Waals surface area contributed by atoms with E-state index in [2.05, 4.69) is 0 Å². The van der Waals surface area contributed by atoms with Crippen LogP contribution in [0.2, 0.25) is 0 Å². The molecule has 14 nitrogen and oxygen atoms in total. The van der Waals surface area contributed by atoms with Crippen LogP contribution in [0.4, 0.5) is 0 Å². The lowest BCUT2D eigenvalue weighted by atomic mass is 9.41. The number of aliphatic hydroxyl groups excluding tert-OH is 3. The average Bonchev–Trinajstić information content (AvgIpc) is 3.21. The molecule has 0 aromatic heterocycles. The SMILES string of the molecule is COc1ccc(C(=O)OCC2OC(OC34CC5C6(O)CC3(C)OC(O6)C54COC(=O)c3ccc(O)cc3)C(O)C(O)C2O)cc1. The molecule has 6 bridgehead atoms. The summed E-state index contributed by atoms with van der Waals surface area (Å²) >= 11 is 0. The number of phenolic OH excluding ortho intramolecular Hbond substituents is 1. The molecule has 14 heteroatoms. The molecular formula is C31H34O14. The number of carbonyl (C=O) groups is 2. The van der Waals surface area contributed by atoms with Crippen LogP contribution in [0.1, 0.15) is 40.5 Å². The Morgan fingerprint density at radius 1 is 0.911 bits per heavy atom. The first-order valence-corrected chi connectivity index (χ1v) is 14.6. The van der Waals surface area contributed by atoms with Crippen LogP contribution in [0.25, 0.3) is 0 Å². The van der Waals surface area contributed by atoms with Gasteiger partial charge in [-0.15, -0.1) is 0 Å². The highest BCUT2D eigenvalue weighted by atomic mass is 16.8. The molecule has 7 fully saturated rings. The van der Waals surface area contributed by atoms with Crippen molar-refractivity contribution in [3.8, 4) is 11.5 Å². The van der Waals surface area contributed by atoms with Crippen LogP contribution in [-0.4, -0.2) is 112 Å². The normalized spacial score (nSPS) is 42.2. The molecular weight excluding hydrogens is 596 g/mol. The van der Waals surface area contributed by atoms with Crippen LogP contribution in [0.3, 0.4) is 0 Å². The third-order valence-corrected chi connectivity index (χ3v) is 10.2. The summed E-state index contributed by atoms with van der Waals surface area (Å²) in [7, 11) is 1.49. The van der Waals surface area contributed by atoms with E-state index < -0.39 is 83.9 Å². The summed E-state index contributed by atoms with van der Waals surface area (Å²) in [6.45, 7) is 0.970. The summed E-state index contributed by atoms with van der Waals surface area (Å²) in [6.07, 6.45) is -8.70. The van der Waals surface area contributed by atoms with E-state index in [0.29, 0.717) is 5.75 Å². The van der Waals surface area contributed by atoms with E-state index >= 15 is 0 Å². The Labute approximate surface area is 256 Å². The zero-order chi connectivity index (χ0) is 31.9. The Hall–Kier alpha value is -3.34. The number of esters is 2. The lowest BCUT2D eigenvalue weighted by molar-refractivity contribution is -0.424. The van der Waals surface area contributed by atoms with Gasteiger partial charge in [0.25, 0.3) is 0 Å². The van der Waals surface area contributed by atoms with Gasteiger partial charge in [-0.2, -0.15) is 0 Å². The summed E-state index contributed by atoms with van der Waals surface area (Å²) in [5.41, 5.74) is -3.29. The van der Waals surface area contributed by atoms with Gasteiger partial charge in [-0.1, -0.05) is 0 Å². The highest BCUT2D eigenvalue weighted by molar-refractivity contribution is 5.90. The topological polar surface area (TPSA) is 200 Å². The lowest BCUT2D eigenvalue weighted by Crippen LogP contribution is -2.80. The van der Waals surface area contributed by atoms with Crippen LogP contribution >= 0.6 is 0 Å². The number of hydrogen-bond acceptors (Lipinski definition) is 14. The van der Waals surface area contributed by atoms with E-state index in [4.69, 9.17) is 33.2 Å². The molecule has 0 radical (unpaired) electrons. The first kappa shape index (κ1) is 30.3. The molecule has 4 heterocycles. The number of aromatic hydroxyl groups is 1. The number of hydrogen-bond donors (Lipinski definition) is 5. The minimum Gasteiger partial charge on any atom is -0.508 e. The number of phenols is 1. The van der Waals surface area contributed by atoms with Gasteiger partial charge in [-0.3, -0.25) is 0 Å². The van der Waals surface area contributed by atoms with Gasteiger partial charge in [0.2, 0.25) is 0 Å². The molecule has 3 saturated carbocycles. The van der Waals surface area contributed by atoms with E-state index in [0.717, 1.165) is 0 Å². The molecule has 0 amide bonds. The third kappa shape index (κ3) is 4.24. The Morgan fingerprint density at radius 2 is 1.56 bits per heavy atom. The van der Waals surface area contributed by atoms with Gasteiger partial charge in [-0.25, -0.2) is 9.59 Å². The maximum atomic E-state index is 12.9. The number of carbonyl (C=O) groups excluding carboxylic acids is 2. The van der Waals surface area contributed by atoms with Crippen molar-refractivity contribution in [2.24, 2.45) is 11.3 Å². The fourth-order valence-electron chi connectivity index (χ4n) is 7.85. The molecule has 9 rings (SSSR count). The molecule has 2 aromatic rings. The number of ether oxygens (including phenoxy) is 7. The van der Waals surface area contributed by atoms with E-state index in [1.165, 1.54) is 43.5 Å². The molecule has 11 atom stereocenters. The number of methoxy groups -OCH3 is 1. The average molecular weight is 631 g/mol. The molecule has 11 unspecified atom stereocenters. The maximum absolute atomic E-state index is 12.9. The van der Waals surface area contributed by atoms with Gasteiger partial charge in [0, 0.05) is 12.3 Å².